The molecular weight excluding hydrogens is 156 g/mol. The average molecular weight is 180 g/mol. The Balaban J connectivity index is 3.41. The summed E-state index contributed by atoms with van der Waals surface area (Å²) < 4.78 is 0. The van der Waals surface area contributed by atoms with E-state index < -0.39 is 0 Å². The van der Waals surface area contributed by atoms with Gasteiger partial charge in [0.05, 0.1) is 0 Å². The minimum atomic E-state index is 1.18. The maximum absolute atomic E-state index is 3.90. The zero-order valence-electron chi connectivity index (χ0n) is 9.53. The van der Waals surface area contributed by atoms with Gasteiger partial charge >= 0.3 is 0 Å². The van der Waals surface area contributed by atoms with Gasteiger partial charge in [0.25, 0.3) is 0 Å². The van der Waals surface area contributed by atoms with Crippen molar-refractivity contribution in [3.8, 4) is 0 Å². The Hall–Kier alpha value is -0.520. The lowest BCUT2D eigenvalue weighted by molar-refractivity contribution is 0.772. The summed E-state index contributed by atoms with van der Waals surface area (Å²) in [5.74, 6) is 0. The van der Waals surface area contributed by atoms with E-state index in [0.29, 0.717) is 0 Å². The molecule has 0 spiro atoms. The highest BCUT2D eigenvalue weighted by atomic mass is 14.0. The molecule has 0 fully saturated rings. The highest BCUT2D eigenvalue weighted by Crippen LogP contribution is 2.10. The molecule has 13 heavy (non-hydrogen) atoms. The summed E-state index contributed by atoms with van der Waals surface area (Å²) in [6.07, 6.45) is 9.97. The van der Waals surface area contributed by atoms with Crippen molar-refractivity contribution in [1.29, 1.82) is 0 Å². The van der Waals surface area contributed by atoms with Gasteiger partial charge in [-0.15, -0.1) is 6.58 Å². The summed E-state index contributed by atoms with van der Waals surface area (Å²) in [5, 5.41) is 0. The Labute approximate surface area is 83.7 Å². The van der Waals surface area contributed by atoms with Gasteiger partial charge in [-0.3, -0.25) is 0 Å². The van der Waals surface area contributed by atoms with E-state index in [1.807, 2.05) is 0 Å². The number of unbranched alkanes of at least 4 members (excludes halogenated alkanes) is 2. The van der Waals surface area contributed by atoms with Gasteiger partial charge in [-0.05, 0) is 46.0 Å². The van der Waals surface area contributed by atoms with Crippen LogP contribution in [0.25, 0.3) is 0 Å². The monoisotopic (exact) mass is 180 g/mol. The fourth-order valence-electron chi connectivity index (χ4n) is 1.31. The van der Waals surface area contributed by atoms with Crippen molar-refractivity contribution < 1.29 is 0 Å². The Morgan fingerprint density at radius 1 is 1.15 bits per heavy atom. The number of hydrogen-bond acceptors (Lipinski definition) is 0. The topological polar surface area (TPSA) is 0 Å². The Morgan fingerprint density at radius 2 is 1.85 bits per heavy atom. The SMILES string of the molecule is C=C(C)CCCC=C(C)CCCC. The highest BCUT2D eigenvalue weighted by molar-refractivity contribution is 4.98. The minimum absolute atomic E-state index is 1.18. The smallest absolute Gasteiger partial charge is 0.0323 e. The lowest BCUT2D eigenvalue weighted by Gasteiger charge is -2.00. The van der Waals surface area contributed by atoms with Crippen molar-refractivity contribution in [2.45, 2.75) is 59.3 Å². The van der Waals surface area contributed by atoms with Gasteiger partial charge in [-0.25, -0.2) is 0 Å². The molecule has 0 unspecified atom stereocenters. The molecule has 0 aliphatic rings. The lowest BCUT2D eigenvalue weighted by atomic mass is 10.1. The first kappa shape index (κ1) is 12.5. The molecule has 0 aromatic carbocycles. The minimum Gasteiger partial charge on any atom is -0.100 e. The van der Waals surface area contributed by atoms with Crippen LogP contribution in [-0.2, 0) is 0 Å². The summed E-state index contributed by atoms with van der Waals surface area (Å²) in [6.45, 7) is 10.5. The van der Waals surface area contributed by atoms with E-state index in [0.717, 1.165) is 0 Å². The number of rotatable bonds is 7. The highest BCUT2D eigenvalue weighted by Gasteiger charge is 1.90. The Bertz CT molecular complexity index is 163. The molecule has 0 atom stereocenters. The maximum atomic E-state index is 3.90. The molecule has 0 heterocycles. The molecule has 0 nitrogen and oxygen atoms in total. The Kier molecular flexibility index (Phi) is 7.77. The van der Waals surface area contributed by atoms with Gasteiger partial charge in [-0.2, -0.15) is 0 Å². The normalized spacial score (nSPS) is 11.8. The largest absolute Gasteiger partial charge is 0.100 e. The van der Waals surface area contributed by atoms with Crippen LogP contribution in [0.15, 0.2) is 23.8 Å². The Morgan fingerprint density at radius 3 is 2.38 bits per heavy atom. The van der Waals surface area contributed by atoms with Gasteiger partial charge in [0, 0.05) is 0 Å². The van der Waals surface area contributed by atoms with Crippen LogP contribution in [0.1, 0.15) is 59.3 Å². The molecule has 0 aliphatic heterocycles. The molecule has 0 aromatic rings. The summed E-state index contributed by atoms with van der Waals surface area (Å²) in [4.78, 5) is 0. The molecule has 0 aromatic heterocycles. The van der Waals surface area contributed by atoms with E-state index in [1.54, 1.807) is 5.57 Å². The number of allylic oxidation sites excluding steroid dienone is 3. The first-order valence-electron chi connectivity index (χ1n) is 5.46. The van der Waals surface area contributed by atoms with Crippen molar-refractivity contribution in [2.24, 2.45) is 0 Å². The van der Waals surface area contributed by atoms with Gasteiger partial charge < -0.3 is 0 Å². The molecule has 0 radical (unpaired) electrons. The fraction of sp³-hybridized carbons (Fsp3) is 0.692. The number of hydrogen-bond donors (Lipinski definition) is 0. The molecule has 0 bridgehead atoms. The van der Waals surface area contributed by atoms with Crippen LogP contribution in [0.5, 0.6) is 0 Å². The predicted octanol–water partition coefficient (Wildman–Crippen LogP) is 4.87. The summed E-state index contributed by atoms with van der Waals surface area (Å²) in [7, 11) is 0. The molecule has 0 rings (SSSR count). The van der Waals surface area contributed by atoms with Crippen molar-refractivity contribution in [1.82, 2.24) is 0 Å². The molecule has 0 saturated heterocycles. The van der Waals surface area contributed by atoms with E-state index in [4.69, 9.17) is 0 Å². The molecular formula is C13H24. The zero-order valence-corrected chi connectivity index (χ0v) is 9.53. The molecule has 76 valence electrons. The molecule has 0 amide bonds. The predicted molar refractivity (Wildman–Crippen MR) is 61.9 cm³/mol. The van der Waals surface area contributed by atoms with Crippen molar-refractivity contribution in [2.75, 3.05) is 0 Å². The fourth-order valence-corrected chi connectivity index (χ4v) is 1.31. The third-order valence-electron chi connectivity index (χ3n) is 2.23. The molecule has 0 saturated carbocycles. The van der Waals surface area contributed by atoms with Gasteiger partial charge in [0.2, 0.25) is 0 Å². The third-order valence-corrected chi connectivity index (χ3v) is 2.23. The van der Waals surface area contributed by atoms with Gasteiger partial charge in [-0.1, -0.05) is 30.6 Å². The van der Waals surface area contributed by atoms with Crippen LogP contribution in [-0.4, -0.2) is 0 Å². The first-order chi connectivity index (χ1) is 6.16. The maximum Gasteiger partial charge on any atom is -0.0323 e. The molecule has 0 heteroatoms. The van der Waals surface area contributed by atoms with Crippen LogP contribution in [0, 0.1) is 0 Å². The second-order valence-corrected chi connectivity index (χ2v) is 4.00. The summed E-state index contributed by atoms with van der Waals surface area (Å²) >= 11 is 0. The van der Waals surface area contributed by atoms with Crippen LogP contribution in [0.3, 0.4) is 0 Å². The quantitative estimate of drug-likeness (QED) is 0.387. The van der Waals surface area contributed by atoms with E-state index >= 15 is 0 Å². The van der Waals surface area contributed by atoms with E-state index in [-0.39, 0.29) is 0 Å². The van der Waals surface area contributed by atoms with Crippen LogP contribution < -0.4 is 0 Å². The van der Waals surface area contributed by atoms with E-state index in [1.165, 1.54) is 44.1 Å². The van der Waals surface area contributed by atoms with Crippen LogP contribution >= 0.6 is 0 Å². The molecule has 0 N–H and O–H groups in total. The summed E-state index contributed by atoms with van der Waals surface area (Å²) in [6, 6.07) is 0. The molecule has 0 aliphatic carbocycles. The van der Waals surface area contributed by atoms with Crippen molar-refractivity contribution in [3.05, 3.63) is 23.8 Å². The van der Waals surface area contributed by atoms with Crippen LogP contribution in [0.4, 0.5) is 0 Å². The zero-order chi connectivity index (χ0) is 10.1. The lowest BCUT2D eigenvalue weighted by Crippen LogP contribution is -1.79. The second-order valence-electron chi connectivity index (χ2n) is 4.00. The van der Waals surface area contributed by atoms with Crippen molar-refractivity contribution in [3.63, 3.8) is 0 Å². The van der Waals surface area contributed by atoms with E-state index in [2.05, 4.69) is 33.4 Å². The van der Waals surface area contributed by atoms with Gasteiger partial charge in [0.15, 0.2) is 0 Å². The summed E-state index contributed by atoms with van der Waals surface area (Å²) in [5.41, 5.74) is 2.86. The van der Waals surface area contributed by atoms with Gasteiger partial charge in [0.1, 0.15) is 0 Å². The first-order valence-corrected chi connectivity index (χ1v) is 5.46. The van der Waals surface area contributed by atoms with Crippen molar-refractivity contribution >= 4 is 0 Å². The van der Waals surface area contributed by atoms with E-state index in [9.17, 15) is 0 Å². The standard InChI is InChI=1S/C13H24/c1-5-6-10-13(4)11-8-7-9-12(2)3/h11H,2,5-10H2,1,3-4H3. The third kappa shape index (κ3) is 9.39. The average Bonchev–Trinajstić information content (AvgIpc) is 2.08. The van der Waals surface area contributed by atoms with Crippen LogP contribution in [0.2, 0.25) is 0 Å². The second kappa shape index (κ2) is 8.10.